The average Bonchev–Trinajstić information content (AvgIpc) is 2.32. The Labute approximate surface area is 113 Å². The molecule has 0 fully saturated rings. The molecule has 1 atom stereocenters. The molecule has 1 amide bonds. The van der Waals surface area contributed by atoms with Gasteiger partial charge in [0.2, 0.25) is 0 Å². The molecule has 0 bridgehead atoms. The maximum atomic E-state index is 13.5. The van der Waals surface area contributed by atoms with Crippen molar-refractivity contribution in [1.29, 1.82) is 0 Å². The summed E-state index contributed by atoms with van der Waals surface area (Å²) in [5.74, 6) is -2.28. The van der Waals surface area contributed by atoms with E-state index in [1.165, 1.54) is 7.11 Å². The highest BCUT2D eigenvalue weighted by molar-refractivity contribution is 9.10. The number of hydrogen-bond donors (Lipinski definition) is 1. The summed E-state index contributed by atoms with van der Waals surface area (Å²) >= 11 is 2.96. The molecule has 0 aliphatic rings. The molecule has 6 heteroatoms. The first-order chi connectivity index (χ1) is 8.34. The van der Waals surface area contributed by atoms with E-state index in [9.17, 15) is 13.6 Å². The van der Waals surface area contributed by atoms with Crippen LogP contribution < -0.4 is 5.32 Å². The number of methoxy groups -OCH3 is 1. The van der Waals surface area contributed by atoms with Crippen molar-refractivity contribution in [2.45, 2.75) is 25.9 Å². The van der Waals surface area contributed by atoms with Crippen LogP contribution in [0, 0.1) is 11.6 Å². The van der Waals surface area contributed by atoms with Crippen LogP contribution >= 0.6 is 15.9 Å². The smallest absolute Gasteiger partial charge is 0.256 e. The Morgan fingerprint density at radius 3 is 2.33 bits per heavy atom. The lowest BCUT2D eigenvalue weighted by molar-refractivity contribution is -0.136. The maximum absolute atomic E-state index is 13.5. The summed E-state index contributed by atoms with van der Waals surface area (Å²) in [4.78, 5) is 11.9. The van der Waals surface area contributed by atoms with E-state index in [1.54, 1.807) is 13.8 Å². The van der Waals surface area contributed by atoms with E-state index in [0.29, 0.717) is 6.42 Å². The Morgan fingerprint density at radius 2 is 1.94 bits per heavy atom. The average molecular weight is 322 g/mol. The van der Waals surface area contributed by atoms with E-state index in [0.717, 1.165) is 12.1 Å². The fourth-order valence-electron chi connectivity index (χ4n) is 1.30. The molecule has 1 rings (SSSR count). The van der Waals surface area contributed by atoms with Gasteiger partial charge in [-0.25, -0.2) is 8.78 Å². The molecule has 0 aliphatic heterocycles. The van der Waals surface area contributed by atoms with Gasteiger partial charge in [0.25, 0.3) is 5.91 Å². The lowest BCUT2D eigenvalue weighted by Crippen LogP contribution is -2.41. The van der Waals surface area contributed by atoms with Gasteiger partial charge in [0.15, 0.2) is 11.6 Å². The van der Waals surface area contributed by atoms with Gasteiger partial charge < -0.3 is 10.1 Å². The number of carbonyl (C=O) groups is 1. The Balaban J connectivity index is 3.02. The molecule has 1 unspecified atom stereocenters. The van der Waals surface area contributed by atoms with Gasteiger partial charge in [0, 0.05) is 11.6 Å². The number of anilines is 1. The van der Waals surface area contributed by atoms with Gasteiger partial charge in [-0.1, -0.05) is 22.9 Å². The molecular formula is C12H14BrF2NO2. The molecule has 0 saturated carbocycles. The standard InChI is InChI=1S/C12H14BrF2NO2/c1-4-12(2,18-3)11(17)16-10-8(14)5-7(13)6-9(10)15/h5-6H,4H2,1-3H3,(H,16,17). The second-order valence-corrected chi connectivity index (χ2v) is 4.90. The van der Waals surface area contributed by atoms with Crippen molar-refractivity contribution in [3.05, 3.63) is 28.2 Å². The fourth-order valence-corrected chi connectivity index (χ4v) is 1.71. The highest BCUT2D eigenvalue weighted by atomic mass is 79.9. The first-order valence-electron chi connectivity index (χ1n) is 5.35. The quantitative estimate of drug-likeness (QED) is 0.922. The number of ether oxygens (including phenoxy) is 1. The van der Waals surface area contributed by atoms with E-state index in [-0.39, 0.29) is 4.47 Å². The van der Waals surface area contributed by atoms with Crippen LogP contribution in [0.2, 0.25) is 0 Å². The molecule has 1 aromatic rings. The lowest BCUT2D eigenvalue weighted by Gasteiger charge is -2.25. The zero-order valence-electron chi connectivity index (χ0n) is 10.3. The molecule has 0 spiro atoms. The number of halogens is 3. The minimum absolute atomic E-state index is 0.264. The van der Waals surface area contributed by atoms with Gasteiger partial charge >= 0.3 is 0 Å². The van der Waals surface area contributed by atoms with Crippen molar-refractivity contribution >= 4 is 27.5 Å². The number of benzene rings is 1. The van der Waals surface area contributed by atoms with Crippen LogP contribution in [0.1, 0.15) is 20.3 Å². The third-order valence-electron chi connectivity index (χ3n) is 2.85. The van der Waals surface area contributed by atoms with Crippen LogP contribution in [0.3, 0.4) is 0 Å². The van der Waals surface area contributed by atoms with E-state index < -0.39 is 28.8 Å². The predicted octanol–water partition coefficient (Wildman–Crippen LogP) is 3.48. The molecule has 18 heavy (non-hydrogen) atoms. The van der Waals surface area contributed by atoms with Crippen LogP contribution in [-0.4, -0.2) is 18.6 Å². The van der Waals surface area contributed by atoms with Gasteiger partial charge in [0.05, 0.1) is 0 Å². The largest absolute Gasteiger partial charge is 0.369 e. The van der Waals surface area contributed by atoms with Gasteiger partial charge in [-0.2, -0.15) is 0 Å². The highest BCUT2D eigenvalue weighted by Gasteiger charge is 2.32. The van der Waals surface area contributed by atoms with E-state index >= 15 is 0 Å². The van der Waals surface area contributed by atoms with E-state index in [1.807, 2.05) is 0 Å². The molecule has 0 radical (unpaired) electrons. The first-order valence-corrected chi connectivity index (χ1v) is 6.14. The van der Waals surface area contributed by atoms with Gasteiger partial charge in [-0.05, 0) is 25.5 Å². The van der Waals surface area contributed by atoms with Crippen molar-refractivity contribution in [3.8, 4) is 0 Å². The summed E-state index contributed by atoms with van der Waals surface area (Å²) in [5.41, 5.74) is -1.59. The SMILES string of the molecule is CCC(C)(OC)C(=O)Nc1c(F)cc(Br)cc1F. The molecule has 1 aromatic carbocycles. The van der Waals surface area contributed by atoms with Gasteiger partial charge in [0.1, 0.15) is 11.3 Å². The number of carbonyl (C=O) groups excluding carboxylic acids is 1. The second-order valence-electron chi connectivity index (χ2n) is 3.99. The fraction of sp³-hybridized carbons (Fsp3) is 0.417. The maximum Gasteiger partial charge on any atom is 0.256 e. The number of amides is 1. The zero-order chi connectivity index (χ0) is 13.9. The molecule has 100 valence electrons. The molecule has 0 aromatic heterocycles. The minimum Gasteiger partial charge on any atom is -0.369 e. The topological polar surface area (TPSA) is 38.3 Å². The van der Waals surface area contributed by atoms with Crippen molar-refractivity contribution in [1.82, 2.24) is 0 Å². The Hall–Kier alpha value is -1.01. The minimum atomic E-state index is -1.12. The van der Waals surface area contributed by atoms with Crippen molar-refractivity contribution < 1.29 is 18.3 Å². The van der Waals surface area contributed by atoms with Gasteiger partial charge in [-0.15, -0.1) is 0 Å². The van der Waals surface area contributed by atoms with Crippen molar-refractivity contribution in [2.24, 2.45) is 0 Å². The summed E-state index contributed by atoms with van der Waals surface area (Å²) in [6.45, 7) is 3.30. The number of rotatable bonds is 4. The summed E-state index contributed by atoms with van der Waals surface area (Å²) in [7, 11) is 1.37. The first kappa shape index (κ1) is 15.0. The summed E-state index contributed by atoms with van der Waals surface area (Å²) < 4.78 is 32.4. The monoisotopic (exact) mass is 321 g/mol. The molecule has 0 heterocycles. The third-order valence-corrected chi connectivity index (χ3v) is 3.31. The molecular weight excluding hydrogens is 308 g/mol. The molecule has 0 saturated heterocycles. The Bertz CT molecular complexity index is 438. The van der Waals surface area contributed by atoms with Gasteiger partial charge in [-0.3, -0.25) is 4.79 Å². The molecule has 0 aliphatic carbocycles. The second kappa shape index (κ2) is 5.75. The third kappa shape index (κ3) is 3.05. The van der Waals surface area contributed by atoms with Crippen LogP contribution in [0.15, 0.2) is 16.6 Å². The normalized spacial score (nSPS) is 14.1. The van der Waals surface area contributed by atoms with E-state index in [4.69, 9.17) is 4.74 Å². The lowest BCUT2D eigenvalue weighted by atomic mass is 10.0. The van der Waals surface area contributed by atoms with E-state index in [2.05, 4.69) is 21.2 Å². The summed E-state index contributed by atoms with van der Waals surface area (Å²) in [6, 6.07) is 2.16. The number of nitrogens with one attached hydrogen (secondary N) is 1. The van der Waals surface area contributed by atoms with Crippen LogP contribution in [0.5, 0.6) is 0 Å². The Morgan fingerprint density at radius 1 is 1.44 bits per heavy atom. The van der Waals surface area contributed by atoms with Crippen LogP contribution in [0.4, 0.5) is 14.5 Å². The number of hydrogen-bond acceptors (Lipinski definition) is 2. The summed E-state index contributed by atoms with van der Waals surface area (Å²) in [5, 5.41) is 2.21. The molecule has 1 N–H and O–H groups in total. The summed E-state index contributed by atoms with van der Waals surface area (Å²) in [6.07, 6.45) is 0.384. The Kier molecular flexibility index (Phi) is 4.81. The van der Waals surface area contributed by atoms with Crippen molar-refractivity contribution in [3.63, 3.8) is 0 Å². The van der Waals surface area contributed by atoms with Crippen molar-refractivity contribution in [2.75, 3.05) is 12.4 Å². The van der Waals surface area contributed by atoms with Crippen LogP contribution in [-0.2, 0) is 9.53 Å². The van der Waals surface area contributed by atoms with Crippen LogP contribution in [0.25, 0.3) is 0 Å². The highest BCUT2D eigenvalue weighted by Crippen LogP contribution is 2.25. The molecule has 3 nitrogen and oxygen atoms in total. The zero-order valence-corrected chi connectivity index (χ0v) is 11.9. The predicted molar refractivity (Wildman–Crippen MR) is 68.4 cm³/mol.